The average molecular weight is 431 g/mol. The first kappa shape index (κ1) is 18.7. The highest BCUT2D eigenvalue weighted by molar-refractivity contribution is 9.10. The van der Waals surface area contributed by atoms with Crippen molar-refractivity contribution in [3.8, 4) is 11.3 Å². The number of amides is 1. The monoisotopic (exact) mass is 430 g/mol. The lowest BCUT2D eigenvalue weighted by Crippen LogP contribution is -2.16. The van der Waals surface area contributed by atoms with Gasteiger partial charge in [-0.05, 0) is 59.3 Å². The maximum atomic E-state index is 11.8. The van der Waals surface area contributed by atoms with Crippen LogP contribution in [0.4, 0.5) is 0 Å². The van der Waals surface area contributed by atoms with Crippen molar-refractivity contribution in [1.29, 1.82) is 0 Å². The van der Waals surface area contributed by atoms with Crippen LogP contribution in [-0.4, -0.2) is 24.7 Å². The molecule has 0 aliphatic heterocycles. The van der Waals surface area contributed by atoms with Gasteiger partial charge in [0.15, 0.2) is 10.4 Å². The number of hydrogen-bond acceptors (Lipinski definition) is 6. The minimum atomic E-state index is -0.474. The third-order valence-electron chi connectivity index (χ3n) is 3.46. The summed E-state index contributed by atoms with van der Waals surface area (Å²) in [5.41, 5.74) is 3.62. The number of carbonyl (C=O) groups is 2. The molecule has 1 N–H and O–H groups in total. The number of carbonyl (C=O) groups excluding carboxylic acids is 2. The Hall–Kier alpha value is -3.13. The van der Waals surface area contributed by atoms with E-state index >= 15 is 0 Å². The first-order chi connectivity index (χ1) is 13.1. The molecule has 0 aliphatic carbocycles. The van der Waals surface area contributed by atoms with E-state index in [1.165, 1.54) is 12.3 Å². The maximum absolute atomic E-state index is 11.8. The lowest BCUT2D eigenvalue weighted by atomic mass is 10.1. The fourth-order valence-corrected chi connectivity index (χ4v) is 2.51. The topological polar surface area (TPSA) is 94.0 Å². The van der Waals surface area contributed by atoms with Gasteiger partial charge in [-0.2, -0.15) is 5.10 Å². The summed E-state index contributed by atoms with van der Waals surface area (Å²) < 4.78 is 16.2. The second kappa shape index (κ2) is 8.50. The molecule has 1 aromatic carbocycles. The minimum Gasteiger partial charge on any atom is -0.462 e. The summed E-state index contributed by atoms with van der Waals surface area (Å²) in [6.45, 7) is 2.09. The van der Waals surface area contributed by atoms with Gasteiger partial charge < -0.3 is 13.6 Å². The molecule has 1 amide bonds. The first-order valence-electron chi connectivity index (χ1n) is 8.03. The summed E-state index contributed by atoms with van der Waals surface area (Å²) in [7, 11) is 0. The molecule has 0 saturated carbocycles. The number of furan rings is 2. The summed E-state index contributed by atoms with van der Waals surface area (Å²) in [6.07, 6.45) is 1.38. The minimum absolute atomic E-state index is 0.140. The van der Waals surface area contributed by atoms with Gasteiger partial charge in [0, 0.05) is 5.56 Å². The summed E-state index contributed by atoms with van der Waals surface area (Å²) in [4.78, 5) is 23.5. The number of nitrogens with one attached hydrogen (secondary N) is 1. The van der Waals surface area contributed by atoms with E-state index in [9.17, 15) is 9.59 Å². The van der Waals surface area contributed by atoms with E-state index in [4.69, 9.17) is 13.6 Å². The van der Waals surface area contributed by atoms with Crippen molar-refractivity contribution in [2.75, 3.05) is 6.61 Å². The second-order valence-corrected chi connectivity index (χ2v) is 6.08. The van der Waals surface area contributed by atoms with E-state index in [-0.39, 0.29) is 11.7 Å². The Kier molecular flexibility index (Phi) is 5.87. The fourth-order valence-electron chi connectivity index (χ4n) is 2.21. The van der Waals surface area contributed by atoms with E-state index in [0.717, 1.165) is 5.56 Å². The molecule has 2 aromatic heterocycles. The number of nitrogens with zero attached hydrogens (tertiary/aromatic N) is 1. The largest absolute Gasteiger partial charge is 0.462 e. The van der Waals surface area contributed by atoms with Gasteiger partial charge in [0.25, 0.3) is 0 Å². The predicted molar refractivity (Wildman–Crippen MR) is 102 cm³/mol. The molecule has 27 heavy (non-hydrogen) atoms. The quantitative estimate of drug-likeness (QED) is 0.358. The number of ether oxygens (including phenoxy) is 1. The molecule has 0 atom stereocenters. The van der Waals surface area contributed by atoms with Crippen LogP contribution in [0.5, 0.6) is 0 Å². The van der Waals surface area contributed by atoms with Crippen molar-refractivity contribution in [2.24, 2.45) is 5.10 Å². The Morgan fingerprint density at radius 1 is 1.11 bits per heavy atom. The highest BCUT2D eigenvalue weighted by Crippen LogP contribution is 2.22. The van der Waals surface area contributed by atoms with Crippen molar-refractivity contribution in [3.63, 3.8) is 0 Å². The van der Waals surface area contributed by atoms with Crippen LogP contribution in [0.2, 0.25) is 0 Å². The molecule has 0 unspecified atom stereocenters. The van der Waals surface area contributed by atoms with Gasteiger partial charge >= 0.3 is 11.9 Å². The number of halogens is 1. The van der Waals surface area contributed by atoms with Crippen molar-refractivity contribution >= 4 is 34.0 Å². The fraction of sp³-hybridized carbons (Fsp3) is 0.105. The summed E-state index contributed by atoms with van der Waals surface area (Å²) in [6, 6.07) is 13.5. The van der Waals surface area contributed by atoms with Gasteiger partial charge in [-0.1, -0.05) is 12.1 Å². The smallest absolute Gasteiger partial charge is 0.338 e. The Labute approximate surface area is 163 Å². The zero-order chi connectivity index (χ0) is 19.2. The molecule has 8 heteroatoms. The van der Waals surface area contributed by atoms with Crippen LogP contribution in [0.1, 0.15) is 33.6 Å². The highest BCUT2D eigenvalue weighted by Gasteiger charge is 2.10. The molecule has 3 rings (SSSR count). The van der Waals surface area contributed by atoms with Gasteiger partial charge in [0.05, 0.1) is 18.4 Å². The van der Waals surface area contributed by atoms with Gasteiger partial charge in [-0.15, -0.1) is 0 Å². The number of hydrazone groups is 1. The lowest BCUT2D eigenvalue weighted by Gasteiger charge is -2.02. The highest BCUT2D eigenvalue weighted by atomic mass is 79.9. The Bertz CT molecular complexity index is 972. The van der Waals surface area contributed by atoms with Gasteiger partial charge in [-0.25, -0.2) is 10.2 Å². The second-order valence-electron chi connectivity index (χ2n) is 5.30. The van der Waals surface area contributed by atoms with Gasteiger partial charge in [0.1, 0.15) is 11.5 Å². The third-order valence-corrected chi connectivity index (χ3v) is 3.89. The van der Waals surface area contributed by atoms with Crippen molar-refractivity contribution in [3.05, 3.63) is 70.3 Å². The maximum Gasteiger partial charge on any atom is 0.338 e. The molecular weight excluding hydrogens is 416 g/mol. The summed E-state index contributed by atoms with van der Waals surface area (Å²) >= 11 is 3.12. The molecule has 0 saturated heterocycles. The van der Waals surface area contributed by atoms with Crippen LogP contribution in [0, 0.1) is 0 Å². The zero-order valence-corrected chi connectivity index (χ0v) is 15.9. The number of rotatable bonds is 6. The molecule has 0 radical (unpaired) electrons. The first-order valence-corrected chi connectivity index (χ1v) is 8.82. The molecule has 0 fully saturated rings. The molecule has 0 aliphatic rings. The molecule has 138 valence electrons. The predicted octanol–water partition coefficient (Wildman–Crippen LogP) is 4.24. The van der Waals surface area contributed by atoms with Crippen LogP contribution in [-0.2, 0) is 4.74 Å². The van der Waals surface area contributed by atoms with Crippen LogP contribution in [0.15, 0.2) is 67.1 Å². The molecule has 3 aromatic rings. The molecule has 0 bridgehead atoms. The molecule has 7 nitrogen and oxygen atoms in total. The molecule has 0 spiro atoms. The van der Waals surface area contributed by atoms with E-state index in [0.29, 0.717) is 28.4 Å². The van der Waals surface area contributed by atoms with Crippen molar-refractivity contribution in [1.82, 2.24) is 5.43 Å². The standard InChI is InChI=1S/C19H15BrN2O5/c1-2-25-19(24)13-5-3-12(4-6-13)15-8-7-14(26-15)11-21-22-18(23)16-9-10-17(20)27-16/h3-11H,2H2,1H3,(H,22,23)/b21-11-. The van der Waals surface area contributed by atoms with E-state index < -0.39 is 5.91 Å². The summed E-state index contributed by atoms with van der Waals surface area (Å²) in [5, 5.41) is 3.84. The van der Waals surface area contributed by atoms with Crippen molar-refractivity contribution < 1.29 is 23.2 Å². The van der Waals surface area contributed by atoms with E-state index in [2.05, 4.69) is 26.5 Å². The van der Waals surface area contributed by atoms with Gasteiger partial charge in [0.2, 0.25) is 0 Å². The van der Waals surface area contributed by atoms with E-state index in [1.807, 2.05) is 0 Å². The van der Waals surface area contributed by atoms with Crippen LogP contribution in [0.25, 0.3) is 11.3 Å². The van der Waals surface area contributed by atoms with Crippen molar-refractivity contribution in [2.45, 2.75) is 6.92 Å². The Balaban J connectivity index is 1.62. The third kappa shape index (κ3) is 4.73. The Morgan fingerprint density at radius 2 is 1.89 bits per heavy atom. The SMILES string of the molecule is CCOC(=O)c1ccc(-c2ccc(/C=N\NC(=O)c3ccc(Br)o3)o2)cc1. The average Bonchev–Trinajstić information content (AvgIpc) is 3.31. The lowest BCUT2D eigenvalue weighted by molar-refractivity contribution is 0.0526. The van der Waals surface area contributed by atoms with Crippen LogP contribution < -0.4 is 5.43 Å². The van der Waals surface area contributed by atoms with Crippen LogP contribution >= 0.6 is 15.9 Å². The molecule has 2 heterocycles. The number of hydrogen-bond donors (Lipinski definition) is 1. The summed E-state index contributed by atoms with van der Waals surface area (Å²) in [5.74, 6) is 0.364. The number of benzene rings is 1. The molecular formula is C19H15BrN2O5. The zero-order valence-electron chi connectivity index (χ0n) is 14.3. The van der Waals surface area contributed by atoms with E-state index in [1.54, 1.807) is 49.4 Å². The van der Waals surface area contributed by atoms with Crippen LogP contribution in [0.3, 0.4) is 0 Å². The van der Waals surface area contributed by atoms with Gasteiger partial charge in [-0.3, -0.25) is 4.79 Å². The number of esters is 1. The Morgan fingerprint density at radius 3 is 2.56 bits per heavy atom. The normalized spacial score (nSPS) is 10.9.